The number of rotatable bonds is 2. The zero-order chi connectivity index (χ0) is 14.1. The minimum Gasteiger partial charge on any atom is -0.508 e. The van der Waals surface area contributed by atoms with E-state index in [-0.39, 0.29) is 23.3 Å². The average Bonchev–Trinajstić information content (AvgIpc) is 2.44. The molecule has 104 valence electrons. The van der Waals surface area contributed by atoms with Crippen LogP contribution in [0, 0.1) is 0 Å². The van der Waals surface area contributed by atoms with Crippen LogP contribution in [0.3, 0.4) is 0 Å². The summed E-state index contributed by atoms with van der Waals surface area (Å²) in [5.41, 5.74) is 3.28. The van der Waals surface area contributed by atoms with Crippen LogP contribution in [-0.2, 0) is 12.8 Å². The third kappa shape index (κ3) is 2.42. The molecule has 4 heteroatoms. The van der Waals surface area contributed by atoms with E-state index in [1.807, 2.05) is 6.07 Å². The first kappa shape index (κ1) is 12.8. The second-order valence-corrected chi connectivity index (χ2v) is 5.17. The molecule has 0 radical (unpaired) electrons. The van der Waals surface area contributed by atoms with Gasteiger partial charge in [-0.2, -0.15) is 0 Å². The third-order valence-corrected chi connectivity index (χ3v) is 3.77. The number of hydrogen-bond donors (Lipinski definition) is 4. The molecule has 0 saturated carbocycles. The van der Waals surface area contributed by atoms with Gasteiger partial charge in [-0.15, -0.1) is 0 Å². The van der Waals surface area contributed by atoms with Crippen molar-refractivity contribution in [1.29, 1.82) is 0 Å². The van der Waals surface area contributed by atoms with Crippen LogP contribution in [0.25, 0.3) is 0 Å². The van der Waals surface area contributed by atoms with E-state index in [0.717, 1.165) is 24.1 Å². The third-order valence-electron chi connectivity index (χ3n) is 3.77. The largest absolute Gasteiger partial charge is 0.508 e. The van der Waals surface area contributed by atoms with Crippen LogP contribution < -0.4 is 5.32 Å². The molecule has 0 spiro atoms. The van der Waals surface area contributed by atoms with E-state index in [1.54, 1.807) is 24.3 Å². The molecule has 1 aliphatic rings. The first-order chi connectivity index (χ1) is 9.63. The standard InChI is InChI=1S/C16H17NO3/c18-12-3-2-11-5-6-17-14(13(11)9-12)7-10-1-4-15(19)16(20)8-10/h1-4,8-9,14,17-20H,5-7H2. The Balaban J connectivity index is 1.89. The number of aromatic hydroxyl groups is 3. The van der Waals surface area contributed by atoms with Crippen LogP contribution in [0.5, 0.6) is 17.2 Å². The molecule has 1 atom stereocenters. The lowest BCUT2D eigenvalue weighted by Gasteiger charge is -2.27. The molecular formula is C16H17NO3. The molecule has 1 unspecified atom stereocenters. The van der Waals surface area contributed by atoms with E-state index < -0.39 is 0 Å². The summed E-state index contributed by atoms with van der Waals surface area (Å²) in [7, 11) is 0. The number of hydrogen-bond acceptors (Lipinski definition) is 4. The summed E-state index contributed by atoms with van der Waals surface area (Å²) in [5.74, 6) is 0.0591. The molecule has 0 amide bonds. The topological polar surface area (TPSA) is 72.7 Å². The molecule has 0 fully saturated rings. The van der Waals surface area contributed by atoms with Crippen LogP contribution in [0.4, 0.5) is 0 Å². The van der Waals surface area contributed by atoms with Gasteiger partial charge in [0.15, 0.2) is 11.5 Å². The van der Waals surface area contributed by atoms with Gasteiger partial charge in [0.2, 0.25) is 0 Å². The van der Waals surface area contributed by atoms with Crippen molar-refractivity contribution in [1.82, 2.24) is 5.32 Å². The second kappa shape index (κ2) is 5.06. The number of benzene rings is 2. The fourth-order valence-corrected chi connectivity index (χ4v) is 2.74. The quantitative estimate of drug-likeness (QED) is 0.632. The Morgan fingerprint density at radius 3 is 2.65 bits per heavy atom. The van der Waals surface area contributed by atoms with Crippen molar-refractivity contribution in [2.75, 3.05) is 6.54 Å². The van der Waals surface area contributed by atoms with Crippen LogP contribution in [0.1, 0.15) is 22.7 Å². The van der Waals surface area contributed by atoms with E-state index in [2.05, 4.69) is 5.32 Å². The SMILES string of the molecule is Oc1ccc2c(c1)C(Cc1ccc(O)c(O)c1)NCC2. The lowest BCUT2D eigenvalue weighted by molar-refractivity contribution is 0.402. The van der Waals surface area contributed by atoms with Crippen molar-refractivity contribution in [2.24, 2.45) is 0 Å². The van der Waals surface area contributed by atoms with E-state index in [1.165, 1.54) is 11.6 Å². The van der Waals surface area contributed by atoms with Crippen LogP contribution in [0.15, 0.2) is 36.4 Å². The lowest BCUT2D eigenvalue weighted by atomic mass is 9.90. The van der Waals surface area contributed by atoms with Gasteiger partial charge in [-0.3, -0.25) is 0 Å². The van der Waals surface area contributed by atoms with Gasteiger partial charge in [0.1, 0.15) is 5.75 Å². The molecule has 0 saturated heterocycles. The van der Waals surface area contributed by atoms with Crippen molar-refractivity contribution in [3.05, 3.63) is 53.1 Å². The van der Waals surface area contributed by atoms with E-state index >= 15 is 0 Å². The van der Waals surface area contributed by atoms with Gasteiger partial charge < -0.3 is 20.6 Å². The number of phenolic OH excluding ortho intramolecular Hbond substituents is 3. The number of phenols is 3. The maximum Gasteiger partial charge on any atom is 0.157 e. The van der Waals surface area contributed by atoms with Gasteiger partial charge in [0, 0.05) is 6.04 Å². The van der Waals surface area contributed by atoms with E-state index in [0.29, 0.717) is 6.42 Å². The van der Waals surface area contributed by atoms with E-state index in [4.69, 9.17) is 0 Å². The first-order valence-corrected chi connectivity index (χ1v) is 6.69. The fraction of sp³-hybridized carbons (Fsp3) is 0.250. The molecule has 1 aliphatic heterocycles. The average molecular weight is 271 g/mol. The predicted octanol–water partition coefficient (Wildman–Crippen LogP) is 2.23. The molecule has 0 bridgehead atoms. The summed E-state index contributed by atoms with van der Waals surface area (Å²) in [5, 5.41) is 32.0. The van der Waals surface area contributed by atoms with Gasteiger partial charge in [-0.05, 0) is 60.3 Å². The molecule has 4 nitrogen and oxygen atoms in total. The maximum atomic E-state index is 9.65. The Hall–Kier alpha value is -2.20. The Bertz CT molecular complexity index is 640. The van der Waals surface area contributed by atoms with Gasteiger partial charge >= 0.3 is 0 Å². The maximum absolute atomic E-state index is 9.65. The highest BCUT2D eigenvalue weighted by Gasteiger charge is 2.20. The summed E-state index contributed by atoms with van der Waals surface area (Å²) >= 11 is 0. The van der Waals surface area contributed by atoms with Crippen molar-refractivity contribution in [3.63, 3.8) is 0 Å². The van der Waals surface area contributed by atoms with Crippen molar-refractivity contribution in [2.45, 2.75) is 18.9 Å². The van der Waals surface area contributed by atoms with Crippen LogP contribution in [-0.4, -0.2) is 21.9 Å². The van der Waals surface area contributed by atoms with Crippen LogP contribution >= 0.6 is 0 Å². The number of fused-ring (bicyclic) bond motifs is 1. The second-order valence-electron chi connectivity index (χ2n) is 5.17. The molecule has 1 heterocycles. The Morgan fingerprint density at radius 2 is 1.85 bits per heavy atom. The number of nitrogens with one attached hydrogen (secondary N) is 1. The monoisotopic (exact) mass is 271 g/mol. The summed E-state index contributed by atoms with van der Waals surface area (Å²) in [6, 6.07) is 10.5. The predicted molar refractivity (Wildman–Crippen MR) is 76.0 cm³/mol. The molecular weight excluding hydrogens is 254 g/mol. The van der Waals surface area contributed by atoms with Crippen LogP contribution in [0.2, 0.25) is 0 Å². The zero-order valence-electron chi connectivity index (χ0n) is 11.0. The van der Waals surface area contributed by atoms with Gasteiger partial charge in [-0.25, -0.2) is 0 Å². The molecule has 0 aromatic heterocycles. The smallest absolute Gasteiger partial charge is 0.157 e. The lowest BCUT2D eigenvalue weighted by Crippen LogP contribution is -2.31. The molecule has 20 heavy (non-hydrogen) atoms. The first-order valence-electron chi connectivity index (χ1n) is 6.69. The molecule has 2 aromatic rings. The normalized spacial score (nSPS) is 17.7. The molecule has 0 aliphatic carbocycles. The zero-order valence-corrected chi connectivity index (χ0v) is 11.0. The summed E-state index contributed by atoms with van der Waals surface area (Å²) in [6.07, 6.45) is 1.65. The van der Waals surface area contributed by atoms with Crippen molar-refractivity contribution < 1.29 is 15.3 Å². The minimum atomic E-state index is -0.108. The Morgan fingerprint density at radius 1 is 1.00 bits per heavy atom. The Kier molecular flexibility index (Phi) is 3.24. The molecule has 3 rings (SSSR count). The minimum absolute atomic E-state index is 0.102. The highest BCUT2D eigenvalue weighted by Crippen LogP contribution is 2.31. The van der Waals surface area contributed by atoms with Crippen molar-refractivity contribution in [3.8, 4) is 17.2 Å². The van der Waals surface area contributed by atoms with Gasteiger partial charge in [0.05, 0.1) is 0 Å². The summed E-state index contributed by atoms with van der Waals surface area (Å²) in [4.78, 5) is 0. The summed E-state index contributed by atoms with van der Waals surface area (Å²) in [6.45, 7) is 0.895. The van der Waals surface area contributed by atoms with Gasteiger partial charge in [0.25, 0.3) is 0 Å². The highest BCUT2D eigenvalue weighted by atomic mass is 16.3. The van der Waals surface area contributed by atoms with E-state index in [9.17, 15) is 15.3 Å². The fourth-order valence-electron chi connectivity index (χ4n) is 2.74. The van der Waals surface area contributed by atoms with Crippen molar-refractivity contribution >= 4 is 0 Å². The molecule has 4 N–H and O–H groups in total. The van der Waals surface area contributed by atoms with Gasteiger partial charge in [-0.1, -0.05) is 12.1 Å². The molecule has 2 aromatic carbocycles. The summed E-state index contributed by atoms with van der Waals surface area (Å²) < 4.78 is 0. The Labute approximate surface area is 117 Å². The highest BCUT2D eigenvalue weighted by molar-refractivity contribution is 5.43.